The molecule has 0 unspecified atom stereocenters. The molecule has 0 aliphatic carbocycles. The highest BCUT2D eigenvalue weighted by molar-refractivity contribution is 6.35. The van der Waals surface area contributed by atoms with Crippen LogP contribution < -0.4 is 0 Å². The number of benzene rings is 1. The van der Waals surface area contributed by atoms with Gasteiger partial charge in [0.05, 0.1) is 35.9 Å². The number of β-amino-alcohol motifs (C(OH)–C–C–N with tert-alkyl or cyclic N) is 1. The van der Waals surface area contributed by atoms with Gasteiger partial charge in [0.2, 0.25) is 5.91 Å². The molecule has 6 heteroatoms. The fraction of sp³-hybridized carbons (Fsp3) is 0.273. The summed E-state index contributed by atoms with van der Waals surface area (Å²) in [5, 5.41) is 14.1. The number of aliphatic hydroxyl groups excluding tert-OH is 1. The number of carbonyl (C=O) groups is 1. The Morgan fingerprint density at radius 3 is 2.94 bits per heavy atom. The highest BCUT2D eigenvalue weighted by Gasteiger charge is 2.27. The third-order valence-corrected chi connectivity index (χ3v) is 2.73. The van der Waals surface area contributed by atoms with E-state index >= 15 is 0 Å². The maximum Gasteiger partial charge on any atom is 0.248 e. The second-order valence-corrected chi connectivity index (χ2v) is 3.97. The third kappa shape index (κ3) is 2.30. The second-order valence-electron chi connectivity index (χ2n) is 3.56. The lowest BCUT2D eigenvalue weighted by Crippen LogP contribution is -2.23. The van der Waals surface area contributed by atoms with E-state index in [0.717, 1.165) is 5.01 Å². The number of carbonyl (C=O) groups excluding carboxylic acids is 1. The summed E-state index contributed by atoms with van der Waals surface area (Å²) < 4.78 is 13.6. The monoisotopic (exact) mass is 256 g/mol. The SMILES string of the molecule is O=C1CC(c2c(F)cccc2Cl)=NN1CCO. The number of halogens is 2. The van der Waals surface area contributed by atoms with E-state index in [0.29, 0.717) is 5.71 Å². The van der Waals surface area contributed by atoms with Crippen molar-refractivity contribution in [3.8, 4) is 0 Å². The van der Waals surface area contributed by atoms with Crippen LogP contribution in [0, 0.1) is 5.82 Å². The molecular weight excluding hydrogens is 247 g/mol. The quantitative estimate of drug-likeness (QED) is 0.889. The number of hydrazone groups is 1. The van der Waals surface area contributed by atoms with Gasteiger partial charge < -0.3 is 5.11 Å². The Hall–Kier alpha value is -1.46. The Morgan fingerprint density at radius 2 is 2.29 bits per heavy atom. The average molecular weight is 257 g/mol. The van der Waals surface area contributed by atoms with Gasteiger partial charge in [-0.3, -0.25) is 4.79 Å². The molecule has 0 saturated carbocycles. The Labute approximate surface area is 102 Å². The minimum Gasteiger partial charge on any atom is -0.394 e. The zero-order valence-electron chi connectivity index (χ0n) is 8.86. The summed E-state index contributed by atoms with van der Waals surface area (Å²) in [5.74, 6) is -0.775. The van der Waals surface area contributed by atoms with Crippen molar-refractivity contribution in [2.45, 2.75) is 6.42 Å². The van der Waals surface area contributed by atoms with E-state index in [1.54, 1.807) is 6.07 Å². The predicted octanol–water partition coefficient (Wildman–Crippen LogP) is 1.41. The van der Waals surface area contributed by atoms with Crippen LogP contribution in [0.2, 0.25) is 5.02 Å². The van der Waals surface area contributed by atoms with Crippen molar-refractivity contribution in [1.82, 2.24) is 5.01 Å². The maximum atomic E-state index is 13.6. The standard InChI is InChI=1S/C11H10ClFN2O2/c12-7-2-1-3-8(13)11(7)9-6-10(17)15(14-9)4-5-16/h1-3,16H,4-6H2. The topological polar surface area (TPSA) is 52.9 Å². The number of hydrogen-bond acceptors (Lipinski definition) is 3. The predicted molar refractivity (Wildman–Crippen MR) is 61.4 cm³/mol. The first-order chi connectivity index (χ1) is 8.13. The molecule has 0 saturated heterocycles. The van der Waals surface area contributed by atoms with Crippen molar-refractivity contribution in [2.24, 2.45) is 5.10 Å². The Morgan fingerprint density at radius 1 is 1.53 bits per heavy atom. The molecule has 0 aromatic heterocycles. The molecule has 0 spiro atoms. The lowest BCUT2D eigenvalue weighted by molar-refractivity contribution is -0.129. The molecule has 1 aliphatic rings. The van der Waals surface area contributed by atoms with Crippen molar-refractivity contribution in [1.29, 1.82) is 0 Å². The van der Waals surface area contributed by atoms with Crippen molar-refractivity contribution in [3.05, 3.63) is 34.6 Å². The highest BCUT2D eigenvalue weighted by Crippen LogP contribution is 2.24. The van der Waals surface area contributed by atoms with Gasteiger partial charge in [0.1, 0.15) is 5.82 Å². The van der Waals surface area contributed by atoms with Gasteiger partial charge >= 0.3 is 0 Å². The summed E-state index contributed by atoms with van der Waals surface area (Å²) in [7, 11) is 0. The number of rotatable bonds is 3. The smallest absolute Gasteiger partial charge is 0.248 e. The van der Waals surface area contributed by atoms with Gasteiger partial charge in [0.15, 0.2) is 0 Å². The van der Waals surface area contributed by atoms with Crippen LogP contribution in [0.25, 0.3) is 0 Å². The number of amides is 1. The minimum absolute atomic E-state index is 0.000648. The first-order valence-electron chi connectivity index (χ1n) is 5.06. The molecule has 0 atom stereocenters. The summed E-state index contributed by atoms with van der Waals surface area (Å²) in [6.07, 6.45) is 0.000648. The van der Waals surface area contributed by atoms with Crippen molar-refractivity contribution in [2.75, 3.05) is 13.2 Å². The molecule has 1 N–H and O–H groups in total. The lowest BCUT2D eigenvalue weighted by atomic mass is 10.1. The minimum atomic E-state index is -0.505. The van der Waals surface area contributed by atoms with Crippen LogP contribution in [0.3, 0.4) is 0 Å². The van der Waals surface area contributed by atoms with Gasteiger partial charge in [0, 0.05) is 0 Å². The van der Waals surface area contributed by atoms with Crippen molar-refractivity contribution in [3.63, 3.8) is 0 Å². The summed E-state index contributed by atoms with van der Waals surface area (Å²) >= 11 is 5.88. The molecule has 90 valence electrons. The summed E-state index contributed by atoms with van der Waals surface area (Å²) in [4.78, 5) is 11.5. The van der Waals surface area contributed by atoms with E-state index in [9.17, 15) is 9.18 Å². The number of aliphatic hydroxyl groups is 1. The molecule has 17 heavy (non-hydrogen) atoms. The van der Waals surface area contributed by atoms with Crippen LogP contribution in [0.15, 0.2) is 23.3 Å². The van der Waals surface area contributed by atoms with Gasteiger partial charge in [-0.15, -0.1) is 0 Å². The summed E-state index contributed by atoms with van der Waals surface area (Å²) in [6, 6.07) is 4.30. The summed E-state index contributed by atoms with van der Waals surface area (Å²) in [6.45, 7) is -0.0814. The normalized spacial score (nSPS) is 15.4. The first-order valence-corrected chi connectivity index (χ1v) is 5.44. The largest absolute Gasteiger partial charge is 0.394 e. The van der Waals surface area contributed by atoms with Crippen LogP contribution in [0.4, 0.5) is 4.39 Å². The van der Waals surface area contributed by atoms with Gasteiger partial charge in [-0.2, -0.15) is 5.10 Å². The van der Waals surface area contributed by atoms with Crippen molar-refractivity contribution >= 4 is 23.2 Å². The fourth-order valence-electron chi connectivity index (χ4n) is 1.65. The Bertz CT molecular complexity index is 470. The van der Waals surface area contributed by atoms with E-state index in [2.05, 4.69) is 5.10 Å². The van der Waals surface area contributed by atoms with E-state index in [1.165, 1.54) is 12.1 Å². The molecule has 0 bridgehead atoms. The van der Waals surface area contributed by atoms with Crippen molar-refractivity contribution < 1.29 is 14.3 Å². The third-order valence-electron chi connectivity index (χ3n) is 2.41. The Kier molecular flexibility index (Phi) is 3.40. The molecule has 2 rings (SSSR count). The molecule has 1 heterocycles. The summed E-state index contributed by atoms with van der Waals surface area (Å²) in [5.41, 5.74) is 0.453. The van der Waals surface area contributed by atoms with E-state index < -0.39 is 5.82 Å². The van der Waals surface area contributed by atoms with E-state index in [1.807, 2.05) is 0 Å². The van der Waals surface area contributed by atoms with Crippen LogP contribution in [0.1, 0.15) is 12.0 Å². The van der Waals surface area contributed by atoms with E-state index in [4.69, 9.17) is 16.7 Å². The lowest BCUT2D eigenvalue weighted by Gasteiger charge is -2.08. The van der Waals surface area contributed by atoms with Crippen LogP contribution in [-0.2, 0) is 4.79 Å². The van der Waals surface area contributed by atoms with Crippen LogP contribution in [-0.4, -0.2) is 34.9 Å². The zero-order valence-corrected chi connectivity index (χ0v) is 9.62. The fourth-order valence-corrected chi connectivity index (χ4v) is 1.92. The first kappa shape index (κ1) is 12.0. The highest BCUT2D eigenvalue weighted by atomic mass is 35.5. The van der Waals surface area contributed by atoms with Gasteiger partial charge in [-0.1, -0.05) is 17.7 Å². The molecule has 1 amide bonds. The zero-order chi connectivity index (χ0) is 12.4. The maximum absolute atomic E-state index is 13.6. The van der Waals surface area contributed by atoms with Gasteiger partial charge in [0.25, 0.3) is 0 Å². The second kappa shape index (κ2) is 4.81. The number of hydrogen-bond donors (Lipinski definition) is 1. The van der Waals surface area contributed by atoms with E-state index in [-0.39, 0.29) is 36.1 Å². The molecule has 0 radical (unpaired) electrons. The molecular formula is C11H10ClFN2O2. The van der Waals surface area contributed by atoms with Gasteiger partial charge in [-0.25, -0.2) is 9.40 Å². The van der Waals surface area contributed by atoms with Gasteiger partial charge in [-0.05, 0) is 12.1 Å². The van der Waals surface area contributed by atoms with Crippen LogP contribution in [0.5, 0.6) is 0 Å². The average Bonchev–Trinajstić information content (AvgIpc) is 2.60. The molecule has 4 nitrogen and oxygen atoms in total. The Balaban J connectivity index is 2.36. The number of nitrogens with zero attached hydrogens (tertiary/aromatic N) is 2. The molecule has 1 aromatic carbocycles. The molecule has 1 aliphatic heterocycles. The molecule has 1 aromatic rings. The molecule has 0 fully saturated rings. The van der Waals surface area contributed by atoms with Crippen LogP contribution >= 0.6 is 11.6 Å².